The number of esters is 1. The lowest BCUT2D eigenvalue weighted by molar-refractivity contribution is -0.369. The number of rotatable bonds is 11. The Hall–Kier alpha value is -1.75. The Balaban J connectivity index is 0.860. The maximum Gasteiger partial charge on any atom is 0.317 e. The van der Waals surface area contributed by atoms with Crippen LogP contribution in [0.15, 0.2) is 11.6 Å². The molecule has 5 heterocycles. The molecule has 4 saturated carbocycles. The Morgan fingerprint density at radius 1 is 0.554 bits per heavy atom. The average molecular weight is 1190 g/mol. The summed E-state index contributed by atoms with van der Waals surface area (Å²) in [4.78, 5) is 15.4. The maximum atomic E-state index is 15.4. The largest absolute Gasteiger partial charge is 0.432 e. The van der Waals surface area contributed by atoms with Gasteiger partial charge in [-0.15, -0.1) is 0 Å². The predicted octanol–water partition coefficient (Wildman–Crippen LogP) is -3.32. The van der Waals surface area contributed by atoms with Gasteiger partial charge >= 0.3 is 5.97 Å². The second-order valence-corrected chi connectivity index (χ2v) is 28.0. The summed E-state index contributed by atoms with van der Waals surface area (Å²) >= 11 is 0. The highest BCUT2D eigenvalue weighted by Gasteiger charge is 2.73. The predicted molar refractivity (Wildman–Crippen MR) is 279 cm³/mol. The zero-order valence-corrected chi connectivity index (χ0v) is 48.4. The van der Waals surface area contributed by atoms with Crippen LogP contribution in [0.2, 0.25) is 0 Å². The van der Waals surface area contributed by atoms with E-state index >= 15 is 4.79 Å². The molecule has 5 saturated heterocycles. The lowest BCUT2D eigenvalue weighted by Gasteiger charge is -2.72. The summed E-state index contributed by atoms with van der Waals surface area (Å²) < 4.78 is 58.7. The van der Waals surface area contributed by atoms with Crippen LogP contribution < -0.4 is 0 Å². The third-order valence-electron chi connectivity index (χ3n) is 22.3. The first-order valence-electron chi connectivity index (χ1n) is 29.6. The van der Waals surface area contributed by atoms with E-state index in [4.69, 9.17) is 47.4 Å². The van der Waals surface area contributed by atoms with E-state index in [0.29, 0.717) is 32.1 Å². The first-order valence-corrected chi connectivity index (χ1v) is 29.6. The Kier molecular flexibility index (Phi) is 18.0. The molecule has 0 aromatic carbocycles. The van der Waals surface area contributed by atoms with Gasteiger partial charge in [0.1, 0.15) is 97.0 Å². The molecule has 15 N–H and O–H groups in total. The second kappa shape index (κ2) is 23.2. The minimum absolute atomic E-state index is 0.0661. The molecule has 5 aliphatic carbocycles. The number of hydrogen-bond donors (Lipinski definition) is 15. The third kappa shape index (κ3) is 10.7. The van der Waals surface area contributed by atoms with Gasteiger partial charge in [-0.05, 0) is 103 Å². The van der Waals surface area contributed by atoms with Gasteiger partial charge in [-0.3, -0.25) is 4.79 Å². The molecule has 9 fully saturated rings. The van der Waals surface area contributed by atoms with Gasteiger partial charge in [-0.25, -0.2) is 0 Å². The minimum atomic E-state index is -1.90. The monoisotopic (exact) mass is 1190 g/mol. The van der Waals surface area contributed by atoms with E-state index in [2.05, 4.69) is 40.7 Å². The zero-order chi connectivity index (χ0) is 60.6. The molecule has 476 valence electrons. The van der Waals surface area contributed by atoms with E-state index in [1.807, 2.05) is 13.8 Å². The fourth-order valence-electron chi connectivity index (χ4n) is 17.3. The standard InChI is InChI=1S/C57H92O26/c1-22-43(80-47-40(70)34(64)27(60)19-75-47)38(68)42(72)48(78-22)81-44-35(65)28(61)20-76-50(44)83-51(73)57-14-13-52(2,3)15-24(57)23-9-10-31-54(6)16-25(58)45(53(4,5)30(54)11-12-55(31,7)56(23,8)17-32(57)62)82-49-41(71)37(67)36(66)29(79-49)21-77-46-39(69)33(63)26(59)18-74-46/h9,22,24-50,58-72H,10-21H2,1-8H3/t22-,24-,25-,26-,27-,28-,29-,30-,31-,32+,33+,34+,35+,36-,37+,38-,39-,40-,41-,42-,43-,44-,45+,46+,47+,48+,49+,50+,54+,55+,56-,57-/m0/s1. The zero-order valence-electron chi connectivity index (χ0n) is 48.4. The van der Waals surface area contributed by atoms with Gasteiger partial charge in [0.05, 0.1) is 50.8 Å². The first kappa shape index (κ1) is 64.2. The van der Waals surface area contributed by atoms with E-state index < -0.39 is 212 Å². The van der Waals surface area contributed by atoms with Gasteiger partial charge in [0, 0.05) is 0 Å². The molecular weight excluding hydrogens is 1100 g/mol. The SMILES string of the molecule is C[C@@H]1O[C@H](O[C@@H]2[C@@H](OC(=O)[C@@]34CCC(C)(C)C[C@H]3C3=CC[C@H]5[C@]6(C)C[C@H](O)[C@@H](O[C@H]7O[C@@H](CO[C@H]8OC[C@H](O)[C@@H](O)[C@@H]8O)[C@H](O)[C@@H](O)[C@@H]7O)C(C)(C)[C@@H]6CC[C@@]5(C)[C@@]3(C)C[C@H]4O)OC[C@H](O)[C@H]2O)[C@@H](O)[C@H](O)[C@H]1O[C@H]1OC[C@H](O)[C@@H](O)[C@@H]1O. The summed E-state index contributed by atoms with van der Waals surface area (Å²) in [5, 5.41) is 165. The van der Waals surface area contributed by atoms with Crippen molar-refractivity contribution in [1.29, 1.82) is 0 Å². The molecule has 5 aliphatic heterocycles. The number of hydrogen-bond acceptors (Lipinski definition) is 26. The summed E-state index contributed by atoms with van der Waals surface area (Å²) in [5.74, 6) is -1.51. The van der Waals surface area contributed by atoms with Crippen molar-refractivity contribution in [3.63, 3.8) is 0 Å². The van der Waals surface area contributed by atoms with Gasteiger partial charge in [0.15, 0.2) is 31.3 Å². The van der Waals surface area contributed by atoms with Crippen molar-refractivity contribution < 1.29 is 129 Å². The van der Waals surface area contributed by atoms with Gasteiger partial charge < -0.3 is 124 Å². The number of carbonyl (C=O) groups is 1. The molecule has 83 heavy (non-hydrogen) atoms. The highest BCUT2D eigenvalue weighted by molar-refractivity contribution is 5.80. The number of carbonyl (C=O) groups excluding carboxylic acids is 1. The fourth-order valence-corrected chi connectivity index (χ4v) is 17.3. The second-order valence-electron chi connectivity index (χ2n) is 28.0. The molecular formula is C57H92O26. The molecule has 32 atom stereocenters. The van der Waals surface area contributed by atoms with Crippen molar-refractivity contribution >= 4 is 5.97 Å². The van der Waals surface area contributed by atoms with Gasteiger partial charge in [0.25, 0.3) is 0 Å². The van der Waals surface area contributed by atoms with E-state index in [1.165, 1.54) is 6.92 Å². The highest BCUT2D eigenvalue weighted by Crippen LogP contribution is 2.76. The molecule has 0 aromatic heterocycles. The lowest BCUT2D eigenvalue weighted by atomic mass is 9.33. The van der Waals surface area contributed by atoms with Gasteiger partial charge in [-0.1, -0.05) is 60.1 Å². The number of ether oxygens (including phenoxy) is 10. The van der Waals surface area contributed by atoms with Crippen LogP contribution in [0.1, 0.15) is 107 Å². The van der Waals surface area contributed by atoms with Crippen LogP contribution in [0.5, 0.6) is 0 Å². The summed E-state index contributed by atoms with van der Waals surface area (Å²) in [6.07, 6.45) is -32.3. The summed E-state index contributed by atoms with van der Waals surface area (Å²) in [5.41, 5.74) is -3.32. The van der Waals surface area contributed by atoms with Crippen LogP contribution in [0, 0.1) is 50.2 Å². The third-order valence-corrected chi connectivity index (χ3v) is 22.3. The molecule has 0 bridgehead atoms. The van der Waals surface area contributed by atoms with Crippen molar-refractivity contribution in [2.24, 2.45) is 50.2 Å². The number of fused-ring (bicyclic) bond motifs is 7. The lowest BCUT2D eigenvalue weighted by Crippen LogP contribution is -2.70. The van der Waals surface area contributed by atoms with Crippen LogP contribution in [-0.2, 0) is 52.2 Å². The van der Waals surface area contributed by atoms with Crippen molar-refractivity contribution in [2.75, 3.05) is 26.4 Å². The quantitative estimate of drug-likeness (QED) is 0.0547. The van der Waals surface area contributed by atoms with E-state index in [-0.39, 0.29) is 43.1 Å². The molecule has 10 rings (SSSR count). The first-order chi connectivity index (χ1) is 38.7. The Labute approximate surface area is 482 Å². The van der Waals surface area contributed by atoms with Crippen LogP contribution in [-0.4, -0.2) is 263 Å². The molecule has 0 amide bonds. The highest BCUT2D eigenvalue weighted by atomic mass is 16.8. The van der Waals surface area contributed by atoms with Crippen LogP contribution in [0.25, 0.3) is 0 Å². The fraction of sp³-hybridized carbons (Fsp3) is 0.947. The Morgan fingerprint density at radius 3 is 1.78 bits per heavy atom. The van der Waals surface area contributed by atoms with Gasteiger partial charge in [0.2, 0.25) is 6.29 Å². The smallest absolute Gasteiger partial charge is 0.317 e. The molecule has 0 unspecified atom stereocenters. The van der Waals surface area contributed by atoms with Crippen molar-refractivity contribution in [2.45, 2.75) is 260 Å². The molecule has 0 spiro atoms. The maximum absolute atomic E-state index is 15.4. The number of aliphatic hydroxyl groups excluding tert-OH is 15. The number of aliphatic hydroxyl groups is 15. The Bertz CT molecular complexity index is 2330. The average Bonchev–Trinajstić information content (AvgIpc) is 2.21. The van der Waals surface area contributed by atoms with Crippen molar-refractivity contribution in [1.82, 2.24) is 0 Å². The molecule has 10 aliphatic rings. The van der Waals surface area contributed by atoms with E-state index in [9.17, 15) is 76.6 Å². The van der Waals surface area contributed by atoms with Crippen molar-refractivity contribution in [3.05, 3.63) is 11.6 Å². The summed E-state index contributed by atoms with van der Waals surface area (Å²) in [6.45, 7) is 14.6. The Morgan fingerprint density at radius 2 is 1.12 bits per heavy atom. The molecule has 0 aromatic rings. The molecule has 0 radical (unpaired) electrons. The number of allylic oxidation sites excluding steroid dienone is 2. The summed E-state index contributed by atoms with van der Waals surface area (Å²) in [7, 11) is 0. The minimum Gasteiger partial charge on any atom is -0.432 e. The van der Waals surface area contributed by atoms with Crippen LogP contribution in [0.4, 0.5) is 0 Å². The van der Waals surface area contributed by atoms with Crippen LogP contribution in [0.3, 0.4) is 0 Å². The van der Waals surface area contributed by atoms with E-state index in [0.717, 1.165) is 5.57 Å². The van der Waals surface area contributed by atoms with Crippen molar-refractivity contribution in [3.8, 4) is 0 Å². The molecule has 26 nitrogen and oxygen atoms in total. The van der Waals surface area contributed by atoms with E-state index in [1.54, 1.807) is 0 Å². The summed E-state index contributed by atoms with van der Waals surface area (Å²) in [6, 6.07) is 0. The normalized spacial score (nSPS) is 55.1. The topological polar surface area (TPSA) is 413 Å². The molecule has 26 heteroatoms. The van der Waals surface area contributed by atoms with Crippen LogP contribution >= 0.6 is 0 Å². The van der Waals surface area contributed by atoms with Gasteiger partial charge in [-0.2, -0.15) is 0 Å².